The van der Waals surface area contributed by atoms with Gasteiger partial charge in [0.05, 0.1) is 88.3 Å². The molecule has 0 aliphatic heterocycles. The van der Waals surface area contributed by atoms with E-state index in [9.17, 15) is 0 Å². The second kappa shape index (κ2) is 26.3. The summed E-state index contributed by atoms with van der Waals surface area (Å²) in [5.74, 6) is 1.49. The van der Waals surface area contributed by atoms with Gasteiger partial charge in [-0.15, -0.1) is 0 Å². The minimum absolute atomic E-state index is 0.744. The third-order valence-corrected chi connectivity index (χ3v) is 26.2. The molecule has 0 fully saturated rings. The van der Waals surface area contributed by atoms with Crippen LogP contribution >= 0.6 is 0 Å². The van der Waals surface area contributed by atoms with Crippen molar-refractivity contribution in [2.75, 3.05) is 0 Å². The van der Waals surface area contributed by atoms with E-state index in [1.54, 1.807) is 0 Å². The molecule has 124 heavy (non-hydrogen) atoms. The SMILES string of the molecule is c1ccc(-c2cccc(-n3c4ccccc4c4c5c6ccccc6n(-c6ccc7c(c6)c6ccccc6n7-c6nc7ccccc7nc6-c6cccc7c(-c8ccc9nc(-c%10cccc%11ccccc%10%11)c(-n%10c%11ccccc%11c%11cc(-n%12c%13ccccc%13c%13c%14c%15ccccc%15n(-c%15ccccc%15)c%14ccc%13%12)ccc%11%10)nc9c8)cccc67)c5ccc43)c2)cc1. The molecule has 0 saturated heterocycles. The van der Waals surface area contributed by atoms with Gasteiger partial charge in [-0.2, -0.15) is 0 Å². The van der Waals surface area contributed by atoms with Crippen molar-refractivity contribution in [3.05, 3.63) is 413 Å². The fourth-order valence-corrected chi connectivity index (χ4v) is 20.9. The molecule has 0 N–H and O–H groups in total. The van der Waals surface area contributed by atoms with Crippen LogP contribution in [0.3, 0.4) is 0 Å². The van der Waals surface area contributed by atoms with E-state index < -0.39 is 0 Å². The van der Waals surface area contributed by atoms with Crippen molar-refractivity contribution < 1.29 is 0 Å². The molecule has 0 bridgehead atoms. The molecule has 0 amide bonds. The van der Waals surface area contributed by atoms with E-state index in [0.717, 1.165) is 183 Å². The number of para-hydroxylation sites is 9. The van der Waals surface area contributed by atoms with Gasteiger partial charge < -0.3 is 18.3 Å². The van der Waals surface area contributed by atoms with E-state index in [4.69, 9.17) is 19.9 Å². The molecule has 0 aliphatic rings. The number of fused-ring (bicyclic) bond motifs is 24. The Bertz CT molecular complexity index is 9270. The lowest BCUT2D eigenvalue weighted by atomic mass is 9.94. The van der Waals surface area contributed by atoms with Gasteiger partial charge in [0, 0.05) is 98.5 Å². The van der Waals surface area contributed by atoms with Crippen LogP contribution in [0.4, 0.5) is 0 Å². The van der Waals surface area contributed by atoms with Crippen LogP contribution in [0.5, 0.6) is 0 Å². The van der Waals surface area contributed by atoms with Gasteiger partial charge in [0.25, 0.3) is 0 Å². The molecule has 0 radical (unpaired) electrons. The van der Waals surface area contributed by atoms with Crippen molar-refractivity contribution in [3.63, 3.8) is 0 Å². The Morgan fingerprint density at radius 2 is 0.484 bits per heavy atom. The summed E-state index contributed by atoms with van der Waals surface area (Å²) in [6, 6.07) is 150. The van der Waals surface area contributed by atoms with Crippen LogP contribution in [-0.2, 0) is 0 Å². The van der Waals surface area contributed by atoms with E-state index in [2.05, 4.69) is 440 Å². The molecule has 0 aliphatic carbocycles. The molecule has 10 nitrogen and oxygen atoms in total. The molecular formula is C114H68N10. The highest BCUT2D eigenvalue weighted by molar-refractivity contribution is 6.31. The Kier molecular flexibility index (Phi) is 14.5. The molecule has 27 rings (SSSR count). The number of rotatable bonds is 10. The number of nitrogens with zero attached hydrogens (tertiary/aromatic N) is 10. The monoisotopic (exact) mass is 1580 g/mol. The molecule has 10 heteroatoms. The lowest BCUT2D eigenvalue weighted by molar-refractivity contribution is 1.08. The quantitative estimate of drug-likeness (QED) is 0.137. The first kappa shape index (κ1) is 68.1. The van der Waals surface area contributed by atoms with Gasteiger partial charge >= 0.3 is 0 Å². The Morgan fingerprint density at radius 3 is 1.01 bits per heavy atom. The van der Waals surface area contributed by atoms with E-state index >= 15 is 0 Å². The van der Waals surface area contributed by atoms with Crippen molar-refractivity contribution in [2.45, 2.75) is 0 Å². The van der Waals surface area contributed by atoms with Gasteiger partial charge in [0.1, 0.15) is 11.4 Å². The number of aromatic nitrogens is 10. The first-order valence-corrected chi connectivity index (χ1v) is 42.3. The van der Waals surface area contributed by atoms with Crippen molar-refractivity contribution >= 4 is 174 Å². The molecule has 574 valence electrons. The zero-order valence-electron chi connectivity index (χ0n) is 66.7. The third kappa shape index (κ3) is 9.86. The molecule has 8 heterocycles. The summed E-state index contributed by atoms with van der Waals surface area (Å²) < 4.78 is 14.5. The van der Waals surface area contributed by atoms with E-state index in [1.807, 2.05) is 0 Å². The minimum atomic E-state index is 0.744. The van der Waals surface area contributed by atoms with Gasteiger partial charge in [-0.3, -0.25) is 9.13 Å². The maximum atomic E-state index is 5.94. The number of hydrogen-bond donors (Lipinski definition) is 0. The fourth-order valence-electron chi connectivity index (χ4n) is 20.9. The summed E-state index contributed by atoms with van der Waals surface area (Å²) in [4.78, 5) is 23.1. The third-order valence-electron chi connectivity index (χ3n) is 26.2. The molecule has 27 aromatic rings. The van der Waals surface area contributed by atoms with Gasteiger partial charge in [-0.05, 0) is 189 Å². The zero-order chi connectivity index (χ0) is 80.9. The maximum absolute atomic E-state index is 5.94. The van der Waals surface area contributed by atoms with Crippen LogP contribution in [0.2, 0.25) is 0 Å². The number of hydrogen-bond acceptors (Lipinski definition) is 4. The highest BCUT2D eigenvalue weighted by Gasteiger charge is 2.29. The Labute approximate surface area is 708 Å². The molecule has 8 aromatic heterocycles. The Balaban J connectivity index is 0.610. The summed E-state index contributed by atoms with van der Waals surface area (Å²) in [7, 11) is 0. The Hall–Kier alpha value is -16.8. The predicted molar refractivity (Wildman–Crippen MR) is 515 cm³/mol. The van der Waals surface area contributed by atoms with Gasteiger partial charge in [-0.25, -0.2) is 19.9 Å². The highest BCUT2D eigenvalue weighted by Crippen LogP contribution is 2.49. The second-order valence-corrected chi connectivity index (χ2v) is 32.7. The summed E-state index contributed by atoms with van der Waals surface area (Å²) in [5, 5.41) is 18.6. The average molecular weight is 1580 g/mol. The molecule has 0 saturated carbocycles. The fraction of sp³-hybridized carbons (Fsp3) is 0. The number of benzene rings is 19. The van der Waals surface area contributed by atoms with Gasteiger partial charge in [-0.1, -0.05) is 267 Å². The molecular weight excluding hydrogens is 1510 g/mol. The second-order valence-electron chi connectivity index (χ2n) is 32.7. The maximum Gasteiger partial charge on any atom is 0.165 e. The van der Waals surface area contributed by atoms with E-state index in [1.165, 1.54) is 70.8 Å². The highest BCUT2D eigenvalue weighted by atomic mass is 15.1. The minimum Gasteiger partial charge on any atom is -0.309 e. The Morgan fingerprint density at radius 1 is 0.153 bits per heavy atom. The predicted octanol–water partition coefficient (Wildman–Crippen LogP) is 29.1. The van der Waals surface area contributed by atoms with Crippen LogP contribution in [-0.4, -0.2) is 47.3 Å². The van der Waals surface area contributed by atoms with Crippen LogP contribution in [0.1, 0.15) is 0 Å². The topological polar surface area (TPSA) is 81.1 Å². The summed E-state index contributed by atoms with van der Waals surface area (Å²) in [6.45, 7) is 0. The van der Waals surface area contributed by atoms with Crippen LogP contribution in [0, 0.1) is 0 Å². The van der Waals surface area contributed by atoms with E-state index in [0.29, 0.717) is 0 Å². The van der Waals surface area contributed by atoms with Crippen molar-refractivity contribution in [1.29, 1.82) is 0 Å². The largest absolute Gasteiger partial charge is 0.309 e. The van der Waals surface area contributed by atoms with E-state index in [-0.39, 0.29) is 0 Å². The average Bonchev–Trinajstić information content (AvgIpc) is 1.54. The molecule has 19 aromatic carbocycles. The summed E-state index contributed by atoms with van der Waals surface area (Å²) >= 11 is 0. The summed E-state index contributed by atoms with van der Waals surface area (Å²) in [5.41, 5.74) is 28.9. The van der Waals surface area contributed by atoms with Crippen LogP contribution < -0.4 is 0 Å². The van der Waals surface area contributed by atoms with Crippen molar-refractivity contribution in [1.82, 2.24) is 47.3 Å². The molecule has 0 spiro atoms. The van der Waals surface area contributed by atoms with Crippen LogP contribution in [0.25, 0.3) is 254 Å². The lowest BCUT2D eigenvalue weighted by Crippen LogP contribution is -2.04. The van der Waals surface area contributed by atoms with Gasteiger partial charge in [0.2, 0.25) is 0 Å². The standard InChI is InChI=1S/C114H68N10/c1-3-27-69(28-4-1)71-31-23-34-74(65-71)120-98-52-20-12-39-86(98)108-104(120)63-64-106-110(108)88-41-14-22-54-100(88)122(106)75-56-59-101-89(67-75)81-36-9-17-49-95(81)123(101)113-112(115-91-47-15-16-48-92(91)117-113)84-46-26-43-79-78(42-25-44-80(79)84)72-55-58-93-94(66-72)118-114(111(116-93)83-45-24-30-70-29-7-8-35-77(70)83)124-96-50-18-10-37-82(96)90-68-76(57-60-102(90)124)121-99-53-21-13-40-87(99)109-105(121)62-61-103-107(109)85-38-11-19-51-97(85)119(103)73-32-5-2-6-33-73/h1-68H. The van der Waals surface area contributed by atoms with Crippen molar-refractivity contribution in [2.24, 2.45) is 0 Å². The molecule has 0 atom stereocenters. The van der Waals surface area contributed by atoms with Crippen molar-refractivity contribution in [3.8, 4) is 79.2 Å². The first-order chi connectivity index (χ1) is 61.5. The van der Waals surface area contributed by atoms with Gasteiger partial charge in [0.15, 0.2) is 11.6 Å². The lowest BCUT2D eigenvalue weighted by Gasteiger charge is -2.17. The first-order valence-electron chi connectivity index (χ1n) is 42.3. The normalized spacial score (nSPS) is 12.2. The zero-order valence-corrected chi connectivity index (χ0v) is 66.7. The van der Waals surface area contributed by atoms with Crippen LogP contribution in [0.15, 0.2) is 413 Å². The smallest absolute Gasteiger partial charge is 0.165 e. The summed E-state index contributed by atoms with van der Waals surface area (Å²) in [6.07, 6.45) is 0. The molecule has 0 unspecified atom stereocenters.